The van der Waals surface area contributed by atoms with Gasteiger partial charge >= 0.3 is 0 Å². The van der Waals surface area contributed by atoms with Gasteiger partial charge in [0.2, 0.25) is 11.9 Å². The molecule has 0 radical (unpaired) electrons. The van der Waals surface area contributed by atoms with Crippen molar-refractivity contribution < 1.29 is 14.3 Å². The van der Waals surface area contributed by atoms with Crippen LogP contribution in [0.2, 0.25) is 0 Å². The van der Waals surface area contributed by atoms with Crippen molar-refractivity contribution in [1.29, 1.82) is 0 Å². The number of anilines is 5. The number of methoxy groups -OCH3 is 1. The van der Waals surface area contributed by atoms with E-state index in [1.807, 2.05) is 41.3 Å². The molecule has 41 heavy (non-hydrogen) atoms. The Morgan fingerprint density at radius 2 is 1.90 bits per heavy atom. The van der Waals surface area contributed by atoms with Crippen LogP contribution in [0.3, 0.4) is 0 Å². The fourth-order valence-electron chi connectivity index (χ4n) is 6.08. The first-order valence-electron chi connectivity index (χ1n) is 14.1. The first kappa shape index (κ1) is 25.3. The molecular formula is C30H32N8O3. The molecule has 0 unspecified atom stereocenters. The van der Waals surface area contributed by atoms with Gasteiger partial charge in [0.05, 0.1) is 36.0 Å². The molecule has 11 nitrogen and oxygen atoms in total. The normalized spacial score (nSPS) is 16.4. The van der Waals surface area contributed by atoms with Crippen molar-refractivity contribution in [2.45, 2.75) is 32.2 Å². The molecule has 0 spiro atoms. The van der Waals surface area contributed by atoms with E-state index in [0.29, 0.717) is 59.7 Å². The van der Waals surface area contributed by atoms with Gasteiger partial charge in [-0.3, -0.25) is 14.5 Å². The van der Waals surface area contributed by atoms with Crippen LogP contribution in [-0.2, 0) is 17.8 Å². The van der Waals surface area contributed by atoms with Crippen molar-refractivity contribution in [1.82, 2.24) is 25.2 Å². The summed E-state index contributed by atoms with van der Waals surface area (Å²) in [5.74, 6) is 1.58. The van der Waals surface area contributed by atoms with Crippen molar-refractivity contribution in [3.63, 3.8) is 0 Å². The number of aromatic nitrogens is 3. The Kier molecular flexibility index (Phi) is 6.43. The van der Waals surface area contributed by atoms with Gasteiger partial charge in [0.1, 0.15) is 17.2 Å². The van der Waals surface area contributed by atoms with Crippen LogP contribution in [-0.4, -0.2) is 65.0 Å². The number of amides is 2. The molecule has 1 fully saturated rings. The number of benzene rings is 2. The second-order valence-electron chi connectivity index (χ2n) is 10.7. The van der Waals surface area contributed by atoms with Crippen LogP contribution in [0, 0.1) is 0 Å². The Hall–Kier alpha value is -4.64. The molecule has 0 atom stereocenters. The summed E-state index contributed by atoms with van der Waals surface area (Å²) in [5.41, 5.74) is 5.55. The standard InChI is InChI=1S/C30H32N8O3/c1-41-24-14-18-7-5-13-38(25(39)17-37-11-2-3-12-37)23(18)15-22(24)34-30-35-27-20(9-10-31-27)28(36-30)33-21-8-4-6-19-16-32-29(40)26(19)21/h4,6,8-10,14-15H,2-3,5,7,11-13,16-17H2,1H3,(H,32,40)(H3,31,33,34,35,36). The minimum absolute atomic E-state index is 0.108. The average Bonchev–Trinajstić information content (AvgIpc) is 3.75. The van der Waals surface area contributed by atoms with E-state index in [0.717, 1.165) is 61.0 Å². The van der Waals surface area contributed by atoms with E-state index in [2.05, 4.69) is 25.8 Å². The molecule has 5 heterocycles. The van der Waals surface area contributed by atoms with Crippen LogP contribution in [0.4, 0.5) is 28.8 Å². The fraction of sp³-hybridized carbons (Fsp3) is 0.333. The van der Waals surface area contributed by atoms with Gasteiger partial charge in [0, 0.05) is 25.0 Å². The summed E-state index contributed by atoms with van der Waals surface area (Å²) in [6, 6.07) is 11.6. The number of H-pyrrole nitrogens is 1. The SMILES string of the molecule is COc1cc2c(cc1Nc1nc(Nc3cccc4c3C(=O)NC4)c3cc[nH]c3n1)N(C(=O)CN1CCCC1)CCC2. The topological polar surface area (TPSA) is 128 Å². The number of likely N-dealkylation sites (tertiary alicyclic amines) is 1. The van der Waals surface area contributed by atoms with Crippen LogP contribution >= 0.6 is 0 Å². The Morgan fingerprint density at radius 3 is 2.76 bits per heavy atom. The maximum Gasteiger partial charge on any atom is 0.254 e. The van der Waals surface area contributed by atoms with Crippen LogP contribution in [0.25, 0.3) is 11.0 Å². The second kappa shape index (κ2) is 10.4. The predicted octanol–water partition coefficient (Wildman–Crippen LogP) is 4.07. The molecule has 7 rings (SSSR count). The molecule has 2 aromatic carbocycles. The third kappa shape index (κ3) is 4.71. The van der Waals surface area contributed by atoms with Gasteiger partial charge in [-0.05, 0) is 74.2 Å². The van der Waals surface area contributed by atoms with E-state index < -0.39 is 0 Å². The Labute approximate surface area is 237 Å². The number of ether oxygens (including phenoxy) is 1. The summed E-state index contributed by atoms with van der Waals surface area (Å²) < 4.78 is 5.75. The summed E-state index contributed by atoms with van der Waals surface area (Å²) in [5, 5.41) is 10.4. The van der Waals surface area contributed by atoms with Gasteiger partial charge in [-0.25, -0.2) is 0 Å². The largest absolute Gasteiger partial charge is 0.495 e. The molecule has 210 valence electrons. The third-order valence-corrected chi connectivity index (χ3v) is 8.11. The Morgan fingerprint density at radius 1 is 1.02 bits per heavy atom. The first-order chi connectivity index (χ1) is 20.1. The molecule has 11 heteroatoms. The summed E-state index contributed by atoms with van der Waals surface area (Å²) in [7, 11) is 1.63. The number of hydrogen-bond acceptors (Lipinski definition) is 8. The molecule has 0 aliphatic carbocycles. The van der Waals surface area contributed by atoms with Gasteiger partial charge in [-0.2, -0.15) is 9.97 Å². The highest BCUT2D eigenvalue weighted by Crippen LogP contribution is 2.38. The molecule has 3 aliphatic heterocycles. The fourth-order valence-corrected chi connectivity index (χ4v) is 6.08. The highest BCUT2D eigenvalue weighted by molar-refractivity contribution is 6.05. The molecular weight excluding hydrogens is 520 g/mol. The number of fused-ring (bicyclic) bond motifs is 3. The zero-order valence-electron chi connectivity index (χ0n) is 22.9. The van der Waals surface area contributed by atoms with Crippen LogP contribution in [0.5, 0.6) is 5.75 Å². The average molecular weight is 553 g/mol. The van der Waals surface area contributed by atoms with Crippen LogP contribution in [0.15, 0.2) is 42.6 Å². The number of hydrogen-bond donors (Lipinski definition) is 4. The highest BCUT2D eigenvalue weighted by atomic mass is 16.5. The first-order valence-corrected chi connectivity index (χ1v) is 14.1. The van der Waals surface area contributed by atoms with Gasteiger partial charge in [-0.15, -0.1) is 0 Å². The molecule has 0 bridgehead atoms. The molecule has 3 aliphatic rings. The summed E-state index contributed by atoms with van der Waals surface area (Å²) in [4.78, 5) is 42.7. The number of rotatable bonds is 7. The molecule has 0 saturated carbocycles. The summed E-state index contributed by atoms with van der Waals surface area (Å²) in [6.45, 7) is 3.60. The molecule has 2 amide bonds. The zero-order valence-corrected chi connectivity index (χ0v) is 22.9. The Bertz CT molecular complexity index is 1660. The molecule has 4 aromatic rings. The summed E-state index contributed by atoms with van der Waals surface area (Å²) >= 11 is 0. The van der Waals surface area contributed by atoms with Crippen molar-refractivity contribution in [2.24, 2.45) is 0 Å². The van der Waals surface area contributed by atoms with Crippen molar-refractivity contribution in [3.8, 4) is 5.75 Å². The monoisotopic (exact) mass is 552 g/mol. The minimum atomic E-state index is -0.108. The number of carbonyl (C=O) groups is 2. The second-order valence-corrected chi connectivity index (χ2v) is 10.7. The molecule has 1 saturated heterocycles. The van der Waals surface area contributed by atoms with Gasteiger partial charge in [0.15, 0.2) is 0 Å². The predicted molar refractivity (Wildman–Crippen MR) is 157 cm³/mol. The lowest BCUT2D eigenvalue weighted by atomic mass is 10.00. The Balaban J connectivity index is 1.22. The third-order valence-electron chi connectivity index (χ3n) is 8.11. The van der Waals surface area contributed by atoms with Gasteiger partial charge in [-0.1, -0.05) is 12.1 Å². The maximum atomic E-state index is 13.3. The number of aromatic amines is 1. The van der Waals surface area contributed by atoms with Crippen LogP contribution < -0.4 is 25.6 Å². The smallest absolute Gasteiger partial charge is 0.254 e. The van der Waals surface area contributed by atoms with E-state index in [9.17, 15) is 9.59 Å². The van der Waals surface area contributed by atoms with Crippen molar-refractivity contribution in [3.05, 3.63) is 59.3 Å². The van der Waals surface area contributed by atoms with Crippen LogP contribution in [0.1, 0.15) is 40.7 Å². The number of nitrogens with zero attached hydrogens (tertiary/aromatic N) is 4. The van der Waals surface area contributed by atoms with Crippen molar-refractivity contribution in [2.75, 3.05) is 48.8 Å². The lowest BCUT2D eigenvalue weighted by molar-refractivity contribution is -0.119. The zero-order chi connectivity index (χ0) is 27.9. The number of carbonyl (C=O) groups excluding carboxylic acids is 2. The quantitative estimate of drug-likeness (QED) is 0.270. The molecule has 2 aromatic heterocycles. The summed E-state index contributed by atoms with van der Waals surface area (Å²) in [6.07, 6.45) is 5.90. The van der Waals surface area contributed by atoms with E-state index in [-0.39, 0.29) is 11.8 Å². The van der Waals surface area contributed by atoms with E-state index in [1.54, 1.807) is 13.3 Å². The van der Waals surface area contributed by atoms with E-state index >= 15 is 0 Å². The maximum absolute atomic E-state index is 13.3. The minimum Gasteiger partial charge on any atom is -0.495 e. The van der Waals surface area contributed by atoms with Gasteiger partial charge < -0.3 is 30.6 Å². The van der Waals surface area contributed by atoms with Gasteiger partial charge in [0.25, 0.3) is 5.91 Å². The van der Waals surface area contributed by atoms with Crippen molar-refractivity contribution >= 4 is 51.7 Å². The van der Waals surface area contributed by atoms with E-state index in [4.69, 9.17) is 14.7 Å². The number of aryl methyl sites for hydroxylation is 1. The highest BCUT2D eigenvalue weighted by Gasteiger charge is 2.27. The lowest BCUT2D eigenvalue weighted by Gasteiger charge is -2.32. The molecule has 4 N–H and O–H groups in total. The lowest BCUT2D eigenvalue weighted by Crippen LogP contribution is -2.42. The number of nitrogens with one attached hydrogen (secondary N) is 4. The van der Waals surface area contributed by atoms with E-state index in [1.165, 1.54) is 0 Å².